The standard InChI is InChI=1S/C11H22N2O2/c1-8(2)10(7-12(3)4)13-6-9(14)5-11(13)15/h8-10,14H,5-7H2,1-4H3. The Bertz CT molecular complexity index is 229. The Morgan fingerprint density at radius 1 is 1.53 bits per heavy atom. The number of β-amino-alcohol motifs (C(OH)–C–C–N with tert-alkyl or cyclic N) is 1. The molecule has 0 aliphatic carbocycles. The van der Waals surface area contributed by atoms with E-state index < -0.39 is 6.10 Å². The monoisotopic (exact) mass is 214 g/mol. The van der Waals surface area contributed by atoms with Gasteiger partial charge >= 0.3 is 0 Å². The summed E-state index contributed by atoms with van der Waals surface area (Å²) < 4.78 is 0. The van der Waals surface area contributed by atoms with Crippen LogP contribution in [0.4, 0.5) is 0 Å². The summed E-state index contributed by atoms with van der Waals surface area (Å²) in [6.07, 6.45) is -0.183. The van der Waals surface area contributed by atoms with Gasteiger partial charge in [-0.1, -0.05) is 13.8 Å². The summed E-state index contributed by atoms with van der Waals surface area (Å²) in [5.41, 5.74) is 0. The maximum absolute atomic E-state index is 11.7. The first-order valence-electron chi connectivity index (χ1n) is 5.54. The van der Waals surface area contributed by atoms with Crippen LogP contribution in [0.1, 0.15) is 20.3 Å². The van der Waals surface area contributed by atoms with Gasteiger partial charge in [-0.2, -0.15) is 0 Å². The second-order valence-electron chi connectivity index (χ2n) is 4.98. The average Bonchev–Trinajstić information content (AvgIpc) is 2.40. The van der Waals surface area contributed by atoms with Crippen LogP contribution in [-0.2, 0) is 4.79 Å². The van der Waals surface area contributed by atoms with Gasteiger partial charge in [0.2, 0.25) is 5.91 Å². The fraction of sp³-hybridized carbons (Fsp3) is 0.909. The normalized spacial score (nSPS) is 24.3. The number of amides is 1. The fourth-order valence-corrected chi connectivity index (χ4v) is 2.08. The molecule has 4 nitrogen and oxygen atoms in total. The molecule has 2 atom stereocenters. The van der Waals surface area contributed by atoms with E-state index in [1.165, 1.54) is 0 Å². The third-order valence-corrected chi connectivity index (χ3v) is 2.86. The van der Waals surface area contributed by atoms with E-state index in [-0.39, 0.29) is 18.4 Å². The number of aliphatic hydroxyl groups is 1. The fourth-order valence-electron chi connectivity index (χ4n) is 2.08. The van der Waals surface area contributed by atoms with Crippen molar-refractivity contribution in [1.29, 1.82) is 0 Å². The highest BCUT2D eigenvalue weighted by Gasteiger charge is 2.34. The molecule has 0 bridgehead atoms. The number of rotatable bonds is 4. The van der Waals surface area contributed by atoms with E-state index in [1.807, 2.05) is 19.0 Å². The number of likely N-dealkylation sites (N-methyl/N-ethyl adjacent to an activating group) is 1. The molecule has 2 unspecified atom stereocenters. The van der Waals surface area contributed by atoms with Crippen molar-refractivity contribution in [3.05, 3.63) is 0 Å². The van der Waals surface area contributed by atoms with Crippen molar-refractivity contribution in [2.45, 2.75) is 32.4 Å². The number of nitrogens with zero attached hydrogens (tertiary/aromatic N) is 2. The van der Waals surface area contributed by atoms with Crippen molar-refractivity contribution in [3.8, 4) is 0 Å². The lowest BCUT2D eigenvalue weighted by molar-refractivity contribution is -0.130. The summed E-state index contributed by atoms with van der Waals surface area (Å²) in [6, 6.07) is 0.213. The molecule has 0 aromatic rings. The third kappa shape index (κ3) is 3.18. The molecule has 0 saturated carbocycles. The van der Waals surface area contributed by atoms with Gasteiger partial charge in [0, 0.05) is 19.1 Å². The smallest absolute Gasteiger partial charge is 0.225 e. The first-order chi connectivity index (χ1) is 6.91. The quantitative estimate of drug-likeness (QED) is 0.725. The van der Waals surface area contributed by atoms with E-state index >= 15 is 0 Å². The van der Waals surface area contributed by atoms with Gasteiger partial charge in [0.1, 0.15) is 0 Å². The molecule has 88 valence electrons. The summed E-state index contributed by atoms with van der Waals surface area (Å²) in [6.45, 7) is 5.59. The first kappa shape index (κ1) is 12.5. The second kappa shape index (κ2) is 4.94. The molecule has 1 aliphatic rings. The molecule has 1 saturated heterocycles. The molecule has 0 aromatic heterocycles. The molecule has 0 radical (unpaired) electrons. The van der Waals surface area contributed by atoms with Crippen LogP contribution >= 0.6 is 0 Å². The average molecular weight is 214 g/mol. The molecular weight excluding hydrogens is 192 g/mol. The van der Waals surface area contributed by atoms with E-state index in [9.17, 15) is 9.90 Å². The van der Waals surface area contributed by atoms with E-state index in [0.29, 0.717) is 12.5 Å². The number of carbonyl (C=O) groups excluding carboxylic acids is 1. The van der Waals surface area contributed by atoms with Crippen molar-refractivity contribution >= 4 is 5.91 Å². The summed E-state index contributed by atoms with van der Waals surface area (Å²) in [7, 11) is 4.01. The largest absolute Gasteiger partial charge is 0.391 e. The van der Waals surface area contributed by atoms with E-state index in [2.05, 4.69) is 18.7 Å². The molecule has 4 heteroatoms. The van der Waals surface area contributed by atoms with Gasteiger partial charge in [-0.15, -0.1) is 0 Å². The lowest BCUT2D eigenvalue weighted by atomic mass is 10.0. The number of carbonyl (C=O) groups is 1. The predicted octanol–water partition coefficient (Wildman–Crippen LogP) is 0.166. The minimum absolute atomic E-state index is 0.0862. The summed E-state index contributed by atoms with van der Waals surface area (Å²) in [4.78, 5) is 15.6. The maximum atomic E-state index is 11.7. The lowest BCUT2D eigenvalue weighted by Gasteiger charge is -2.33. The zero-order valence-corrected chi connectivity index (χ0v) is 10.1. The van der Waals surface area contributed by atoms with Crippen LogP contribution in [-0.4, -0.2) is 60.1 Å². The van der Waals surface area contributed by atoms with Gasteiger partial charge in [-0.05, 0) is 20.0 Å². The van der Waals surface area contributed by atoms with Gasteiger partial charge in [-0.25, -0.2) is 0 Å². The maximum Gasteiger partial charge on any atom is 0.225 e. The van der Waals surface area contributed by atoms with Crippen LogP contribution in [0.25, 0.3) is 0 Å². The summed E-state index contributed by atoms with van der Waals surface area (Å²) in [5.74, 6) is 0.504. The van der Waals surface area contributed by atoms with Crippen molar-refractivity contribution < 1.29 is 9.90 Å². The summed E-state index contributed by atoms with van der Waals surface area (Å²) >= 11 is 0. The summed E-state index contributed by atoms with van der Waals surface area (Å²) in [5, 5.41) is 9.46. The molecular formula is C11H22N2O2. The minimum Gasteiger partial charge on any atom is -0.391 e. The topological polar surface area (TPSA) is 43.8 Å². The first-order valence-corrected chi connectivity index (χ1v) is 5.54. The van der Waals surface area contributed by atoms with E-state index in [0.717, 1.165) is 6.54 Å². The highest BCUT2D eigenvalue weighted by molar-refractivity contribution is 5.79. The Morgan fingerprint density at radius 3 is 2.47 bits per heavy atom. The van der Waals surface area contributed by atoms with E-state index in [1.54, 1.807) is 0 Å². The van der Waals surface area contributed by atoms with Crippen molar-refractivity contribution in [2.75, 3.05) is 27.2 Å². The van der Waals surface area contributed by atoms with Crippen molar-refractivity contribution in [3.63, 3.8) is 0 Å². The Labute approximate surface area is 91.9 Å². The lowest BCUT2D eigenvalue weighted by Crippen LogP contribution is -2.46. The van der Waals surface area contributed by atoms with Crippen LogP contribution < -0.4 is 0 Å². The highest BCUT2D eigenvalue weighted by atomic mass is 16.3. The van der Waals surface area contributed by atoms with Gasteiger partial charge in [0.25, 0.3) is 0 Å². The van der Waals surface area contributed by atoms with Crippen LogP contribution in [0.15, 0.2) is 0 Å². The molecule has 1 amide bonds. The third-order valence-electron chi connectivity index (χ3n) is 2.86. The molecule has 0 aromatic carbocycles. The zero-order valence-electron chi connectivity index (χ0n) is 10.1. The Hall–Kier alpha value is -0.610. The number of aliphatic hydroxyl groups excluding tert-OH is 1. The van der Waals surface area contributed by atoms with Gasteiger partial charge in [0.05, 0.1) is 12.5 Å². The predicted molar refractivity (Wildman–Crippen MR) is 59.5 cm³/mol. The molecule has 1 rings (SSSR count). The Morgan fingerprint density at radius 2 is 2.13 bits per heavy atom. The molecule has 15 heavy (non-hydrogen) atoms. The number of hydrogen-bond donors (Lipinski definition) is 1. The molecule has 1 N–H and O–H groups in total. The molecule has 1 aliphatic heterocycles. The van der Waals surface area contributed by atoms with Crippen LogP contribution in [0.2, 0.25) is 0 Å². The highest BCUT2D eigenvalue weighted by Crippen LogP contribution is 2.19. The zero-order chi connectivity index (χ0) is 11.6. The number of likely N-dealkylation sites (tertiary alicyclic amines) is 1. The molecule has 0 spiro atoms. The number of hydrogen-bond acceptors (Lipinski definition) is 3. The van der Waals surface area contributed by atoms with Crippen LogP contribution in [0.5, 0.6) is 0 Å². The van der Waals surface area contributed by atoms with E-state index in [4.69, 9.17) is 0 Å². The molecule has 1 heterocycles. The minimum atomic E-state index is -0.471. The van der Waals surface area contributed by atoms with Gasteiger partial charge in [0.15, 0.2) is 0 Å². The van der Waals surface area contributed by atoms with Crippen LogP contribution in [0.3, 0.4) is 0 Å². The van der Waals surface area contributed by atoms with Crippen molar-refractivity contribution in [2.24, 2.45) is 5.92 Å². The van der Waals surface area contributed by atoms with Gasteiger partial charge < -0.3 is 14.9 Å². The Balaban J connectivity index is 2.67. The van der Waals surface area contributed by atoms with Crippen molar-refractivity contribution in [1.82, 2.24) is 9.80 Å². The SMILES string of the molecule is CC(C)C(CN(C)C)N1CC(O)CC1=O. The van der Waals surface area contributed by atoms with Gasteiger partial charge in [-0.3, -0.25) is 4.79 Å². The second-order valence-corrected chi connectivity index (χ2v) is 4.98. The Kier molecular flexibility index (Phi) is 4.11. The van der Waals surface area contributed by atoms with Crippen LogP contribution in [0, 0.1) is 5.92 Å². The molecule has 1 fully saturated rings.